The van der Waals surface area contributed by atoms with Gasteiger partial charge in [0.15, 0.2) is 0 Å². The van der Waals surface area contributed by atoms with E-state index in [0.717, 1.165) is 41.2 Å². The standard InChI is InChI=1S/C32H40N2O/c1-3-4-5-6-7-8-9-10-11-12-23-35-29-20-18-27(19-21-29)26-14-16-28(17-15-26)32-33-30-22-13-25(2)24-31(30)34-32/h13-22,24H,3-12,23H2,1-2H3,(H,33,34). The minimum atomic E-state index is 0.807. The van der Waals surface area contributed by atoms with Gasteiger partial charge in [0.25, 0.3) is 0 Å². The molecule has 0 spiro atoms. The second-order valence-electron chi connectivity index (χ2n) is 9.74. The molecule has 3 nitrogen and oxygen atoms in total. The summed E-state index contributed by atoms with van der Waals surface area (Å²) in [6.45, 7) is 5.19. The summed E-state index contributed by atoms with van der Waals surface area (Å²) in [4.78, 5) is 8.18. The Balaban J connectivity index is 1.19. The zero-order valence-corrected chi connectivity index (χ0v) is 21.5. The largest absolute Gasteiger partial charge is 0.494 e. The molecule has 0 radical (unpaired) electrons. The van der Waals surface area contributed by atoms with E-state index < -0.39 is 0 Å². The molecular weight excluding hydrogens is 428 g/mol. The Morgan fingerprint density at radius 2 is 1.23 bits per heavy atom. The first kappa shape index (κ1) is 25.0. The van der Waals surface area contributed by atoms with Crippen LogP contribution in [0.1, 0.15) is 76.7 Å². The zero-order valence-electron chi connectivity index (χ0n) is 21.5. The van der Waals surface area contributed by atoms with Gasteiger partial charge in [0, 0.05) is 5.56 Å². The van der Waals surface area contributed by atoms with Gasteiger partial charge in [-0.25, -0.2) is 4.98 Å². The van der Waals surface area contributed by atoms with E-state index in [4.69, 9.17) is 9.72 Å². The van der Waals surface area contributed by atoms with Crippen molar-refractivity contribution in [2.45, 2.75) is 78.1 Å². The smallest absolute Gasteiger partial charge is 0.138 e. The molecule has 1 aromatic heterocycles. The minimum Gasteiger partial charge on any atom is -0.494 e. The average Bonchev–Trinajstić information content (AvgIpc) is 3.31. The van der Waals surface area contributed by atoms with E-state index >= 15 is 0 Å². The number of hydrogen-bond donors (Lipinski definition) is 1. The summed E-state index contributed by atoms with van der Waals surface area (Å²) >= 11 is 0. The maximum atomic E-state index is 5.97. The van der Waals surface area contributed by atoms with Crippen LogP contribution in [0.15, 0.2) is 66.7 Å². The molecule has 0 aliphatic rings. The van der Waals surface area contributed by atoms with Crippen LogP contribution in [0.5, 0.6) is 5.75 Å². The van der Waals surface area contributed by atoms with Gasteiger partial charge in [-0.1, -0.05) is 107 Å². The molecular formula is C32H40N2O. The van der Waals surface area contributed by atoms with Gasteiger partial charge in [-0.3, -0.25) is 0 Å². The lowest BCUT2D eigenvalue weighted by Gasteiger charge is -2.08. The third-order valence-corrected chi connectivity index (χ3v) is 6.75. The lowest BCUT2D eigenvalue weighted by Crippen LogP contribution is -1.97. The number of H-pyrrole nitrogens is 1. The fourth-order valence-corrected chi connectivity index (χ4v) is 4.60. The van der Waals surface area contributed by atoms with Gasteiger partial charge in [-0.2, -0.15) is 0 Å². The molecule has 0 atom stereocenters. The van der Waals surface area contributed by atoms with Gasteiger partial charge < -0.3 is 9.72 Å². The van der Waals surface area contributed by atoms with E-state index in [-0.39, 0.29) is 0 Å². The summed E-state index contributed by atoms with van der Waals surface area (Å²) in [6.07, 6.45) is 13.5. The first-order chi connectivity index (χ1) is 17.2. The Bertz CT molecular complexity index is 1160. The second-order valence-corrected chi connectivity index (χ2v) is 9.74. The topological polar surface area (TPSA) is 37.9 Å². The predicted molar refractivity (Wildman–Crippen MR) is 149 cm³/mol. The van der Waals surface area contributed by atoms with Crippen molar-refractivity contribution in [1.29, 1.82) is 0 Å². The maximum Gasteiger partial charge on any atom is 0.138 e. The Labute approximate surface area is 211 Å². The van der Waals surface area contributed by atoms with E-state index in [1.807, 2.05) is 0 Å². The molecule has 0 saturated heterocycles. The molecule has 184 valence electrons. The van der Waals surface area contributed by atoms with Crippen LogP contribution in [-0.2, 0) is 0 Å². The molecule has 1 heterocycles. The lowest BCUT2D eigenvalue weighted by molar-refractivity contribution is 0.304. The van der Waals surface area contributed by atoms with Crippen molar-refractivity contribution >= 4 is 11.0 Å². The van der Waals surface area contributed by atoms with Crippen molar-refractivity contribution < 1.29 is 4.74 Å². The third-order valence-electron chi connectivity index (χ3n) is 6.75. The molecule has 0 fully saturated rings. The number of nitrogens with one attached hydrogen (secondary N) is 1. The molecule has 4 aromatic rings. The van der Waals surface area contributed by atoms with E-state index in [1.165, 1.54) is 74.5 Å². The van der Waals surface area contributed by atoms with Crippen LogP contribution in [0, 0.1) is 6.92 Å². The highest BCUT2D eigenvalue weighted by molar-refractivity contribution is 5.80. The number of fused-ring (bicyclic) bond motifs is 1. The van der Waals surface area contributed by atoms with E-state index in [2.05, 4.69) is 85.6 Å². The predicted octanol–water partition coefficient (Wildman–Crippen LogP) is 9.51. The van der Waals surface area contributed by atoms with Crippen LogP contribution in [0.3, 0.4) is 0 Å². The molecule has 35 heavy (non-hydrogen) atoms. The fourth-order valence-electron chi connectivity index (χ4n) is 4.60. The van der Waals surface area contributed by atoms with Crippen molar-refractivity contribution in [2.24, 2.45) is 0 Å². The Hall–Kier alpha value is -3.07. The molecule has 3 aromatic carbocycles. The number of aryl methyl sites for hydroxylation is 1. The molecule has 1 N–H and O–H groups in total. The number of nitrogens with zero attached hydrogens (tertiary/aromatic N) is 1. The van der Waals surface area contributed by atoms with E-state index in [9.17, 15) is 0 Å². The zero-order chi connectivity index (χ0) is 24.3. The average molecular weight is 469 g/mol. The van der Waals surface area contributed by atoms with Crippen molar-refractivity contribution in [3.8, 4) is 28.3 Å². The first-order valence-electron chi connectivity index (χ1n) is 13.5. The Morgan fingerprint density at radius 1 is 0.657 bits per heavy atom. The third kappa shape index (κ3) is 7.45. The number of aromatic nitrogens is 2. The molecule has 0 aliphatic heterocycles. The van der Waals surface area contributed by atoms with Gasteiger partial charge in [0.05, 0.1) is 17.6 Å². The van der Waals surface area contributed by atoms with Crippen LogP contribution >= 0.6 is 0 Å². The fraction of sp³-hybridized carbons (Fsp3) is 0.406. The summed E-state index contributed by atoms with van der Waals surface area (Å²) in [7, 11) is 0. The van der Waals surface area contributed by atoms with Crippen LogP contribution in [0.25, 0.3) is 33.5 Å². The quantitative estimate of drug-likeness (QED) is 0.187. The Morgan fingerprint density at radius 3 is 1.89 bits per heavy atom. The number of imidazole rings is 1. The van der Waals surface area contributed by atoms with Gasteiger partial charge in [0.1, 0.15) is 11.6 Å². The normalized spacial score (nSPS) is 11.3. The molecule has 3 heteroatoms. The summed E-state index contributed by atoms with van der Waals surface area (Å²) in [6, 6.07) is 23.4. The van der Waals surface area contributed by atoms with Gasteiger partial charge >= 0.3 is 0 Å². The van der Waals surface area contributed by atoms with E-state index in [0.29, 0.717) is 0 Å². The number of unbranched alkanes of at least 4 members (excludes halogenated alkanes) is 9. The summed E-state index contributed by atoms with van der Waals surface area (Å²) in [5.41, 5.74) is 6.81. The van der Waals surface area contributed by atoms with Crippen molar-refractivity contribution in [3.05, 3.63) is 72.3 Å². The monoisotopic (exact) mass is 468 g/mol. The molecule has 0 bridgehead atoms. The van der Waals surface area contributed by atoms with Crippen LogP contribution in [-0.4, -0.2) is 16.6 Å². The van der Waals surface area contributed by atoms with Crippen molar-refractivity contribution in [1.82, 2.24) is 9.97 Å². The van der Waals surface area contributed by atoms with Crippen LogP contribution in [0.4, 0.5) is 0 Å². The van der Waals surface area contributed by atoms with E-state index in [1.54, 1.807) is 0 Å². The highest BCUT2D eigenvalue weighted by atomic mass is 16.5. The van der Waals surface area contributed by atoms with Crippen molar-refractivity contribution in [2.75, 3.05) is 6.61 Å². The molecule has 0 unspecified atom stereocenters. The highest BCUT2D eigenvalue weighted by Crippen LogP contribution is 2.27. The number of hydrogen-bond acceptors (Lipinski definition) is 2. The molecule has 0 saturated carbocycles. The molecule has 0 aliphatic carbocycles. The van der Waals surface area contributed by atoms with Gasteiger partial charge in [0.2, 0.25) is 0 Å². The van der Waals surface area contributed by atoms with Gasteiger partial charge in [-0.05, 0) is 54.3 Å². The second kappa shape index (κ2) is 13.1. The molecule has 4 rings (SSSR count). The summed E-state index contributed by atoms with van der Waals surface area (Å²) < 4.78 is 5.97. The van der Waals surface area contributed by atoms with Crippen LogP contribution < -0.4 is 4.74 Å². The maximum absolute atomic E-state index is 5.97. The number of aromatic amines is 1. The summed E-state index contributed by atoms with van der Waals surface area (Å²) in [5, 5.41) is 0. The van der Waals surface area contributed by atoms with Crippen LogP contribution in [0.2, 0.25) is 0 Å². The van der Waals surface area contributed by atoms with Crippen molar-refractivity contribution in [3.63, 3.8) is 0 Å². The lowest BCUT2D eigenvalue weighted by atomic mass is 10.0. The number of benzene rings is 3. The highest BCUT2D eigenvalue weighted by Gasteiger charge is 2.06. The number of ether oxygens (including phenoxy) is 1. The van der Waals surface area contributed by atoms with Gasteiger partial charge in [-0.15, -0.1) is 0 Å². The molecule has 0 amide bonds. The summed E-state index contributed by atoms with van der Waals surface area (Å²) in [5.74, 6) is 1.87. The number of rotatable bonds is 14. The first-order valence-corrected chi connectivity index (χ1v) is 13.5. The minimum absolute atomic E-state index is 0.807. The Kier molecular flexibility index (Phi) is 9.39. The SMILES string of the molecule is CCCCCCCCCCCCOc1ccc(-c2ccc(-c3nc4ccc(C)cc4[nH]3)cc2)cc1.